The number of aromatic nitrogens is 1. The summed E-state index contributed by atoms with van der Waals surface area (Å²) in [6, 6.07) is 2.56. The van der Waals surface area contributed by atoms with Gasteiger partial charge in [0.15, 0.2) is 0 Å². The van der Waals surface area contributed by atoms with E-state index in [1.807, 2.05) is 20.8 Å². The van der Waals surface area contributed by atoms with Gasteiger partial charge in [-0.05, 0) is 17.5 Å². The fraction of sp³-hybridized carbons (Fsp3) is 0.600. The van der Waals surface area contributed by atoms with Gasteiger partial charge in [-0.15, -0.1) is 0 Å². The van der Waals surface area contributed by atoms with Gasteiger partial charge in [-0.1, -0.05) is 20.8 Å². The zero-order valence-electron chi connectivity index (χ0n) is 13.4. The second kappa shape index (κ2) is 5.45. The van der Waals surface area contributed by atoms with Crippen molar-refractivity contribution >= 4 is 15.9 Å². The number of ether oxygens (including phenoxy) is 1. The predicted molar refractivity (Wildman–Crippen MR) is 83.4 cm³/mol. The van der Waals surface area contributed by atoms with Gasteiger partial charge in [-0.25, -0.2) is 18.1 Å². The molecular formula is C15H21N3O4S. The molecule has 2 aliphatic heterocycles. The summed E-state index contributed by atoms with van der Waals surface area (Å²) < 4.78 is 33.2. The fourth-order valence-electron chi connectivity index (χ4n) is 2.85. The number of rotatable bonds is 1. The molecule has 23 heavy (non-hydrogen) atoms. The van der Waals surface area contributed by atoms with E-state index in [1.54, 1.807) is 11.0 Å². The van der Waals surface area contributed by atoms with Crippen LogP contribution in [0.15, 0.2) is 23.2 Å². The molecule has 1 saturated heterocycles. The van der Waals surface area contributed by atoms with Crippen LogP contribution in [0.4, 0.5) is 0 Å². The summed E-state index contributed by atoms with van der Waals surface area (Å²) in [5, 5.41) is 0. The third-order valence-electron chi connectivity index (χ3n) is 3.90. The largest absolute Gasteiger partial charge is 0.470 e. The van der Waals surface area contributed by atoms with Crippen molar-refractivity contribution in [2.24, 2.45) is 5.41 Å². The maximum absolute atomic E-state index is 12.4. The summed E-state index contributed by atoms with van der Waals surface area (Å²) in [6.45, 7) is 6.67. The Hall–Kier alpha value is -1.67. The third-order valence-corrected chi connectivity index (χ3v) is 5.40. The molecule has 1 fully saturated rings. The number of nitrogens with zero attached hydrogens (tertiary/aromatic N) is 2. The molecule has 3 heterocycles. The van der Waals surface area contributed by atoms with Gasteiger partial charge in [0.05, 0.1) is 12.6 Å². The molecule has 1 N–H and O–H groups in total. The summed E-state index contributed by atoms with van der Waals surface area (Å²) in [7, 11) is -3.69. The van der Waals surface area contributed by atoms with E-state index in [0.29, 0.717) is 19.5 Å². The number of likely N-dealkylation sites (tertiary alicyclic amines) is 1. The highest BCUT2D eigenvalue weighted by Crippen LogP contribution is 2.29. The number of carbonyl (C=O) groups excluding carboxylic acids is 1. The first-order valence-corrected chi connectivity index (χ1v) is 9.06. The second-order valence-electron chi connectivity index (χ2n) is 7.23. The van der Waals surface area contributed by atoms with Crippen molar-refractivity contribution < 1.29 is 17.9 Å². The minimum absolute atomic E-state index is 0.00890. The van der Waals surface area contributed by atoms with Crippen LogP contribution in [0, 0.1) is 5.41 Å². The van der Waals surface area contributed by atoms with Gasteiger partial charge < -0.3 is 9.64 Å². The summed E-state index contributed by atoms with van der Waals surface area (Å²) in [4.78, 5) is 18.1. The van der Waals surface area contributed by atoms with Crippen LogP contribution in [-0.4, -0.2) is 49.4 Å². The molecule has 0 aliphatic carbocycles. The van der Waals surface area contributed by atoms with Crippen molar-refractivity contribution in [3.05, 3.63) is 18.3 Å². The predicted octanol–water partition coefficient (Wildman–Crippen LogP) is 0.768. The topological polar surface area (TPSA) is 88.6 Å². The Morgan fingerprint density at radius 1 is 1.43 bits per heavy atom. The number of fused-ring (bicyclic) bond motifs is 2. The second-order valence-corrected chi connectivity index (χ2v) is 8.91. The Morgan fingerprint density at radius 2 is 2.17 bits per heavy atom. The van der Waals surface area contributed by atoms with Crippen molar-refractivity contribution in [1.82, 2.24) is 14.6 Å². The molecule has 1 aromatic rings. The van der Waals surface area contributed by atoms with E-state index in [0.717, 1.165) is 0 Å². The average molecular weight is 339 g/mol. The number of sulfonamides is 1. The van der Waals surface area contributed by atoms with Crippen molar-refractivity contribution in [1.29, 1.82) is 0 Å². The monoisotopic (exact) mass is 339 g/mol. The Bertz CT molecular complexity index is 726. The van der Waals surface area contributed by atoms with E-state index in [-0.39, 0.29) is 22.1 Å². The number of hydrogen-bond acceptors (Lipinski definition) is 5. The van der Waals surface area contributed by atoms with Gasteiger partial charge in [-0.2, -0.15) is 0 Å². The molecule has 1 aromatic heterocycles. The normalized spacial score (nSPS) is 26.0. The lowest BCUT2D eigenvalue weighted by Gasteiger charge is -2.23. The lowest BCUT2D eigenvalue weighted by Crippen LogP contribution is -2.42. The lowest BCUT2D eigenvalue weighted by molar-refractivity contribution is -0.132. The highest BCUT2D eigenvalue weighted by atomic mass is 32.2. The smallest absolute Gasteiger partial charge is 0.246 e. The maximum atomic E-state index is 12.4. The fourth-order valence-corrected chi connectivity index (χ4v) is 4.19. The van der Waals surface area contributed by atoms with Gasteiger partial charge in [0, 0.05) is 19.2 Å². The number of carbonyl (C=O) groups is 1. The van der Waals surface area contributed by atoms with Crippen LogP contribution in [0.3, 0.4) is 0 Å². The van der Waals surface area contributed by atoms with Crippen molar-refractivity contribution in [2.45, 2.75) is 44.2 Å². The van der Waals surface area contributed by atoms with E-state index in [1.165, 1.54) is 12.3 Å². The summed E-state index contributed by atoms with van der Waals surface area (Å²) in [5.74, 6) is 0.104. The minimum atomic E-state index is -3.69. The van der Waals surface area contributed by atoms with Crippen molar-refractivity contribution in [2.75, 3.05) is 13.1 Å². The number of pyridine rings is 1. The van der Waals surface area contributed by atoms with Crippen molar-refractivity contribution in [3.8, 4) is 5.88 Å². The summed E-state index contributed by atoms with van der Waals surface area (Å²) in [6.07, 6.45) is 1.48. The lowest BCUT2D eigenvalue weighted by atomic mass is 9.92. The first-order valence-electron chi connectivity index (χ1n) is 7.57. The van der Waals surface area contributed by atoms with Crippen LogP contribution in [0.5, 0.6) is 5.88 Å². The van der Waals surface area contributed by atoms with Gasteiger partial charge in [0.1, 0.15) is 11.0 Å². The van der Waals surface area contributed by atoms with E-state index in [9.17, 15) is 13.2 Å². The van der Waals surface area contributed by atoms with Gasteiger partial charge >= 0.3 is 0 Å². The molecule has 2 aliphatic rings. The molecule has 0 saturated carbocycles. The van der Waals surface area contributed by atoms with E-state index in [2.05, 4.69) is 9.71 Å². The molecular weight excluding hydrogens is 318 g/mol. The number of amides is 1. The minimum Gasteiger partial charge on any atom is -0.470 e. The highest BCUT2D eigenvalue weighted by molar-refractivity contribution is 7.89. The van der Waals surface area contributed by atoms with Gasteiger partial charge in [0.25, 0.3) is 0 Å². The van der Waals surface area contributed by atoms with E-state index >= 15 is 0 Å². The van der Waals surface area contributed by atoms with Crippen LogP contribution in [0.25, 0.3) is 0 Å². The summed E-state index contributed by atoms with van der Waals surface area (Å²) in [5.41, 5.74) is -0.115. The zero-order chi connectivity index (χ0) is 16.8. The Kier molecular flexibility index (Phi) is 3.84. The molecule has 0 spiro atoms. The van der Waals surface area contributed by atoms with Crippen LogP contribution in [0.2, 0.25) is 0 Å². The summed E-state index contributed by atoms with van der Waals surface area (Å²) >= 11 is 0. The molecule has 7 nitrogen and oxygen atoms in total. The third kappa shape index (κ3) is 3.32. The number of nitrogens with one attached hydrogen (secondary N) is 1. The SMILES string of the molecule is CC(C)(C)CC(=O)N1CC2NS(=O)(=O)c3cccnc3OC2C1. The Balaban J connectivity index is 1.82. The van der Waals surface area contributed by atoms with E-state index in [4.69, 9.17) is 4.74 Å². The Labute approximate surface area is 136 Å². The van der Waals surface area contributed by atoms with Crippen LogP contribution in [0.1, 0.15) is 27.2 Å². The first-order chi connectivity index (χ1) is 10.7. The molecule has 1 amide bonds. The molecule has 2 unspecified atom stereocenters. The zero-order valence-corrected chi connectivity index (χ0v) is 14.3. The Morgan fingerprint density at radius 3 is 2.87 bits per heavy atom. The van der Waals surface area contributed by atoms with Gasteiger partial charge in [0.2, 0.25) is 21.8 Å². The van der Waals surface area contributed by atoms with Crippen LogP contribution < -0.4 is 9.46 Å². The van der Waals surface area contributed by atoms with Crippen molar-refractivity contribution in [3.63, 3.8) is 0 Å². The van der Waals surface area contributed by atoms with E-state index < -0.39 is 22.2 Å². The molecule has 0 aromatic carbocycles. The molecule has 126 valence electrons. The molecule has 8 heteroatoms. The number of hydrogen-bond donors (Lipinski definition) is 1. The molecule has 0 bridgehead atoms. The molecule has 2 atom stereocenters. The maximum Gasteiger partial charge on any atom is 0.246 e. The van der Waals surface area contributed by atoms with Crippen LogP contribution in [-0.2, 0) is 14.8 Å². The van der Waals surface area contributed by atoms with Crippen LogP contribution >= 0.6 is 0 Å². The van der Waals surface area contributed by atoms with Gasteiger partial charge in [-0.3, -0.25) is 4.79 Å². The standard InChI is InChI=1S/C15H21N3O4S/c1-15(2,3)7-13(19)18-8-10-11(9-18)22-14-12(5-4-6-16-14)23(20,21)17-10/h4-6,10-11,17H,7-9H2,1-3H3. The average Bonchev–Trinajstić information content (AvgIpc) is 2.75. The molecule has 3 rings (SSSR count). The highest BCUT2D eigenvalue weighted by Gasteiger charge is 2.43. The molecule has 0 radical (unpaired) electrons. The quantitative estimate of drug-likeness (QED) is 0.816. The first kappa shape index (κ1) is 16.2.